The quantitative estimate of drug-likeness (QED) is 0.494. The molecule has 3 aromatic rings. The molecule has 2 heterocycles. The van der Waals surface area contributed by atoms with Crippen LogP contribution >= 0.6 is 0 Å². The number of hydrogen-bond acceptors (Lipinski definition) is 5. The summed E-state index contributed by atoms with van der Waals surface area (Å²) in [6.45, 7) is 5.10. The summed E-state index contributed by atoms with van der Waals surface area (Å²) in [4.78, 5) is 28.8. The molecule has 1 fully saturated rings. The van der Waals surface area contributed by atoms with E-state index in [-0.39, 0.29) is 19.0 Å². The molecule has 0 atom stereocenters. The fourth-order valence-electron chi connectivity index (χ4n) is 3.77. The molecule has 1 saturated heterocycles. The second-order valence-corrected chi connectivity index (χ2v) is 7.96. The lowest BCUT2D eigenvalue weighted by Gasteiger charge is -2.36. The Morgan fingerprint density at radius 3 is 2.30 bits per heavy atom. The highest BCUT2D eigenvalue weighted by molar-refractivity contribution is 5.94. The molecule has 3 amide bonds. The molecule has 8 heteroatoms. The summed E-state index contributed by atoms with van der Waals surface area (Å²) in [6, 6.07) is 21.5. The summed E-state index contributed by atoms with van der Waals surface area (Å²) in [5, 5.41) is 7.97. The Morgan fingerprint density at radius 1 is 0.848 bits per heavy atom. The minimum absolute atomic E-state index is 0.116. The van der Waals surface area contributed by atoms with E-state index >= 15 is 0 Å². The van der Waals surface area contributed by atoms with Gasteiger partial charge in [-0.1, -0.05) is 30.3 Å². The van der Waals surface area contributed by atoms with Crippen LogP contribution in [0.5, 0.6) is 0 Å². The molecule has 2 aromatic carbocycles. The van der Waals surface area contributed by atoms with E-state index in [1.54, 1.807) is 18.4 Å². The first-order valence-corrected chi connectivity index (χ1v) is 11.1. The lowest BCUT2D eigenvalue weighted by atomic mass is 10.2. The van der Waals surface area contributed by atoms with Crippen molar-refractivity contribution in [2.45, 2.75) is 13.1 Å². The summed E-state index contributed by atoms with van der Waals surface area (Å²) in [5.74, 6) is 0.359. The topological polar surface area (TPSA) is 89.8 Å². The van der Waals surface area contributed by atoms with Crippen LogP contribution in [-0.2, 0) is 17.9 Å². The zero-order valence-corrected chi connectivity index (χ0v) is 18.5. The van der Waals surface area contributed by atoms with Crippen molar-refractivity contribution in [3.63, 3.8) is 0 Å². The highest BCUT2D eigenvalue weighted by Gasteiger charge is 2.17. The predicted molar refractivity (Wildman–Crippen MR) is 128 cm³/mol. The lowest BCUT2D eigenvalue weighted by Crippen LogP contribution is -2.45. The van der Waals surface area contributed by atoms with Gasteiger partial charge in [0.25, 0.3) is 0 Å². The van der Waals surface area contributed by atoms with Crippen LogP contribution in [0.4, 0.5) is 16.2 Å². The van der Waals surface area contributed by atoms with Crippen molar-refractivity contribution in [3.8, 4) is 0 Å². The summed E-state index contributed by atoms with van der Waals surface area (Å²) in [7, 11) is 0. The third kappa shape index (κ3) is 6.85. The summed E-state index contributed by atoms with van der Waals surface area (Å²) in [5.41, 5.74) is 3.18. The van der Waals surface area contributed by atoms with Gasteiger partial charge in [-0.15, -0.1) is 0 Å². The van der Waals surface area contributed by atoms with Crippen molar-refractivity contribution in [2.75, 3.05) is 42.9 Å². The molecule has 0 aliphatic carbocycles. The minimum atomic E-state index is -0.427. The molecular formula is C25H29N5O3. The second-order valence-electron chi connectivity index (χ2n) is 7.96. The molecule has 1 aliphatic rings. The molecule has 4 rings (SSSR count). The van der Waals surface area contributed by atoms with E-state index in [1.807, 2.05) is 30.3 Å². The van der Waals surface area contributed by atoms with Crippen LogP contribution in [0.2, 0.25) is 0 Å². The van der Waals surface area contributed by atoms with Gasteiger partial charge in [0, 0.05) is 44.1 Å². The van der Waals surface area contributed by atoms with Gasteiger partial charge in [0.1, 0.15) is 5.76 Å². The third-order valence-electron chi connectivity index (χ3n) is 5.55. The number of anilines is 2. The van der Waals surface area contributed by atoms with E-state index in [0.29, 0.717) is 11.4 Å². The number of nitrogens with one attached hydrogen (secondary N) is 3. The predicted octanol–water partition coefficient (Wildman–Crippen LogP) is 3.04. The summed E-state index contributed by atoms with van der Waals surface area (Å²) >= 11 is 0. The van der Waals surface area contributed by atoms with Crippen LogP contribution in [0.1, 0.15) is 11.3 Å². The first-order valence-electron chi connectivity index (χ1n) is 11.1. The van der Waals surface area contributed by atoms with Crippen molar-refractivity contribution < 1.29 is 14.0 Å². The van der Waals surface area contributed by atoms with Crippen LogP contribution < -0.4 is 20.9 Å². The van der Waals surface area contributed by atoms with Crippen molar-refractivity contribution >= 4 is 23.3 Å². The number of furan rings is 1. The second kappa shape index (κ2) is 11.2. The maximum Gasteiger partial charge on any atom is 0.315 e. The Labute approximate surface area is 193 Å². The molecule has 0 saturated carbocycles. The summed E-state index contributed by atoms with van der Waals surface area (Å²) in [6.07, 6.45) is 1.54. The number of urea groups is 1. The maximum absolute atomic E-state index is 12.1. The van der Waals surface area contributed by atoms with Gasteiger partial charge in [-0.05, 0) is 42.0 Å². The van der Waals surface area contributed by atoms with E-state index in [1.165, 1.54) is 5.56 Å². The Hall–Kier alpha value is -3.78. The van der Waals surface area contributed by atoms with Crippen LogP contribution in [-0.4, -0.2) is 49.6 Å². The average Bonchev–Trinajstić information content (AvgIpc) is 3.37. The van der Waals surface area contributed by atoms with Gasteiger partial charge in [-0.2, -0.15) is 0 Å². The smallest absolute Gasteiger partial charge is 0.315 e. The minimum Gasteiger partial charge on any atom is -0.467 e. The number of benzene rings is 2. The van der Waals surface area contributed by atoms with Crippen LogP contribution in [0.3, 0.4) is 0 Å². The van der Waals surface area contributed by atoms with Crippen LogP contribution in [0.15, 0.2) is 77.4 Å². The Bertz CT molecular complexity index is 1010. The first-order chi connectivity index (χ1) is 16.2. The molecule has 1 aromatic heterocycles. The fraction of sp³-hybridized carbons (Fsp3) is 0.280. The van der Waals surface area contributed by atoms with Gasteiger partial charge in [-0.25, -0.2) is 4.79 Å². The highest BCUT2D eigenvalue weighted by atomic mass is 16.3. The Morgan fingerprint density at radius 2 is 1.61 bits per heavy atom. The van der Waals surface area contributed by atoms with Gasteiger partial charge in [-0.3, -0.25) is 9.69 Å². The van der Waals surface area contributed by atoms with Crippen molar-refractivity contribution in [2.24, 2.45) is 0 Å². The lowest BCUT2D eigenvalue weighted by molar-refractivity contribution is -0.115. The number of carbonyl (C=O) groups excluding carboxylic acids is 2. The molecule has 1 aliphatic heterocycles. The van der Waals surface area contributed by atoms with Crippen LogP contribution in [0.25, 0.3) is 0 Å². The van der Waals surface area contributed by atoms with Gasteiger partial charge in [0.15, 0.2) is 0 Å². The molecule has 0 radical (unpaired) electrons. The molecule has 0 unspecified atom stereocenters. The SMILES string of the molecule is O=C(CNC(=O)NCc1ccco1)Nc1ccc(N2CCN(Cc3ccccc3)CC2)cc1. The molecule has 8 nitrogen and oxygen atoms in total. The standard InChI is InChI=1S/C25H29N5O3/c31-24(18-27-25(32)26-17-23-7-4-16-33-23)28-21-8-10-22(11-9-21)30-14-12-29(13-15-30)19-20-5-2-1-3-6-20/h1-11,16H,12-15,17-19H2,(H,28,31)(H2,26,27,32). The normalized spacial score (nSPS) is 14.0. The van der Waals surface area contributed by atoms with E-state index in [4.69, 9.17) is 4.42 Å². The number of amides is 3. The zero-order chi connectivity index (χ0) is 22.9. The number of nitrogens with zero attached hydrogens (tertiary/aromatic N) is 2. The van der Waals surface area contributed by atoms with E-state index < -0.39 is 6.03 Å². The maximum atomic E-state index is 12.1. The summed E-state index contributed by atoms with van der Waals surface area (Å²) < 4.78 is 5.14. The number of carbonyl (C=O) groups is 2. The monoisotopic (exact) mass is 447 g/mol. The van der Waals surface area contributed by atoms with E-state index in [2.05, 4.69) is 50.0 Å². The largest absolute Gasteiger partial charge is 0.467 e. The average molecular weight is 448 g/mol. The molecular weight excluding hydrogens is 418 g/mol. The van der Waals surface area contributed by atoms with Gasteiger partial charge in [0.05, 0.1) is 19.4 Å². The van der Waals surface area contributed by atoms with Crippen molar-refractivity contribution in [3.05, 3.63) is 84.3 Å². The first kappa shape index (κ1) is 22.4. The van der Waals surface area contributed by atoms with Crippen LogP contribution in [0, 0.1) is 0 Å². The number of hydrogen-bond donors (Lipinski definition) is 3. The molecule has 172 valence electrons. The molecule has 3 N–H and O–H groups in total. The number of piperazine rings is 1. The zero-order valence-electron chi connectivity index (χ0n) is 18.5. The molecule has 0 bridgehead atoms. The molecule has 0 spiro atoms. The van der Waals surface area contributed by atoms with E-state index in [0.717, 1.165) is 38.4 Å². The van der Waals surface area contributed by atoms with Crippen molar-refractivity contribution in [1.29, 1.82) is 0 Å². The fourth-order valence-corrected chi connectivity index (χ4v) is 3.77. The Balaban J connectivity index is 1.17. The van der Waals surface area contributed by atoms with Gasteiger partial charge in [0.2, 0.25) is 5.91 Å². The highest BCUT2D eigenvalue weighted by Crippen LogP contribution is 2.20. The third-order valence-corrected chi connectivity index (χ3v) is 5.55. The van der Waals surface area contributed by atoms with Gasteiger partial charge < -0.3 is 25.3 Å². The van der Waals surface area contributed by atoms with Gasteiger partial charge >= 0.3 is 6.03 Å². The van der Waals surface area contributed by atoms with Crippen molar-refractivity contribution in [1.82, 2.24) is 15.5 Å². The number of rotatable bonds is 8. The Kier molecular flexibility index (Phi) is 7.60. The van der Waals surface area contributed by atoms with E-state index in [9.17, 15) is 9.59 Å². The molecule has 33 heavy (non-hydrogen) atoms.